The Morgan fingerprint density at radius 3 is 2.59 bits per heavy atom. The number of carbonyl (C=O) groups excluding carboxylic acids is 1. The maximum Gasteiger partial charge on any atom is 0.326 e. The number of phenolic OH excluding ortho intramolecular Hbond substituents is 1. The Kier molecular flexibility index (Phi) is 3.10. The van der Waals surface area contributed by atoms with E-state index in [1.807, 2.05) is 0 Å². The Labute approximate surface area is 125 Å². The van der Waals surface area contributed by atoms with E-state index >= 15 is 0 Å². The van der Waals surface area contributed by atoms with Crippen LogP contribution in [0.3, 0.4) is 0 Å². The zero-order valence-electron chi connectivity index (χ0n) is 11.4. The van der Waals surface area contributed by atoms with E-state index in [2.05, 4.69) is 0 Å². The standard InChI is InChI=1S/C13H12FN3O4S/c1-16-5-4-8(6-16)9-2-3-10(18)13(12(9)14)17-7-11(19)15-22(17,20)21/h2-6,18H,7H2,1H3,(H,15,19). The summed E-state index contributed by atoms with van der Waals surface area (Å²) in [7, 11) is -2.44. The van der Waals surface area contributed by atoms with Crippen LogP contribution in [0, 0.1) is 5.82 Å². The number of nitrogens with zero attached hydrogens (tertiary/aromatic N) is 2. The number of anilines is 1. The van der Waals surface area contributed by atoms with Gasteiger partial charge in [-0.05, 0) is 18.2 Å². The topological polar surface area (TPSA) is 91.6 Å². The molecule has 1 aliphatic rings. The summed E-state index contributed by atoms with van der Waals surface area (Å²) in [6.07, 6.45) is 3.36. The van der Waals surface area contributed by atoms with Gasteiger partial charge in [0, 0.05) is 30.6 Å². The Morgan fingerprint density at radius 1 is 1.32 bits per heavy atom. The smallest absolute Gasteiger partial charge is 0.326 e. The number of nitrogens with one attached hydrogen (secondary N) is 1. The van der Waals surface area contributed by atoms with Crippen molar-refractivity contribution in [3.8, 4) is 16.9 Å². The molecule has 1 aromatic carbocycles. The average Bonchev–Trinajstić information content (AvgIpc) is 2.93. The molecule has 2 heterocycles. The number of aromatic nitrogens is 1. The van der Waals surface area contributed by atoms with E-state index in [0.717, 1.165) is 0 Å². The maximum absolute atomic E-state index is 14.7. The van der Waals surface area contributed by atoms with Crippen molar-refractivity contribution < 1.29 is 22.7 Å². The van der Waals surface area contributed by atoms with Crippen molar-refractivity contribution in [1.29, 1.82) is 0 Å². The molecule has 1 aromatic heterocycles. The molecule has 0 atom stereocenters. The molecular formula is C13H12FN3O4S. The number of benzene rings is 1. The van der Waals surface area contributed by atoms with Crippen molar-refractivity contribution >= 4 is 21.8 Å². The molecule has 0 saturated carbocycles. The first-order valence-electron chi connectivity index (χ1n) is 6.27. The average molecular weight is 325 g/mol. The lowest BCUT2D eigenvalue weighted by Crippen LogP contribution is -2.30. The summed E-state index contributed by atoms with van der Waals surface area (Å²) in [5.41, 5.74) is 0.111. The monoisotopic (exact) mass is 325 g/mol. The largest absolute Gasteiger partial charge is 0.506 e. The molecule has 1 aliphatic heterocycles. The van der Waals surface area contributed by atoms with Gasteiger partial charge in [-0.2, -0.15) is 8.42 Å². The SMILES string of the molecule is Cn1ccc(-c2ccc(O)c(N3CC(=O)NS3(=O)=O)c2F)c1. The number of hydrogen-bond donors (Lipinski definition) is 2. The minimum atomic E-state index is -4.20. The predicted octanol–water partition coefficient (Wildman–Crippen LogP) is 0.718. The van der Waals surface area contributed by atoms with Crippen LogP contribution in [-0.4, -0.2) is 30.5 Å². The van der Waals surface area contributed by atoms with E-state index in [0.29, 0.717) is 9.87 Å². The fraction of sp³-hybridized carbons (Fsp3) is 0.154. The summed E-state index contributed by atoms with van der Waals surface area (Å²) in [4.78, 5) is 11.3. The number of rotatable bonds is 2. The molecule has 116 valence electrons. The fourth-order valence-corrected chi connectivity index (χ4v) is 3.49. The Bertz CT molecular complexity index is 875. The molecule has 1 amide bonds. The van der Waals surface area contributed by atoms with E-state index in [-0.39, 0.29) is 5.56 Å². The predicted molar refractivity (Wildman–Crippen MR) is 76.9 cm³/mol. The quantitative estimate of drug-likeness (QED) is 0.851. The van der Waals surface area contributed by atoms with Crippen LogP contribution in [0.1, 0.15) is 0 Å². The van der Waals surface area contributed by atoms with Crippen LogP contribution in [0.4, 0.5) is 10.1 Å². The molecule has 2 N–H and O–H groups in total. The summed E-state index contributed by atoms with van der Waals surface area (Å²) in [6, 6.07) is 4.20. The molecule has 22 heavy (non-hydrogen) atoms. The number of aromatic hydroxyl groups is 1. The molecule has 2 aromatic rings. The number of amides is 1. The van der Waals surface area contributed by atoms with Crippen molar-refractivity contribution in [1.82, 2.24) is 9.29 Å². The molecule has 0 aliphatic carbocycles. The Balaban J connectivity index is 2.19. The van der Waals surface area contributed by atoms with Gasteiger partial charge in [0.2, 0.25) is 0 Å². The van der Waals surface area contributed by atoms with Crippen LogP contribution in [0.2, 0.25) is 0 Å². The highest BCUT2D eigenvalue weighted by Gasteiger charge is 2.37. The zero-order chi connectivity index (χ0) is 16.1. The van der Waals surface area contributed by atoms with Gasteiger partial charge in [0.1, 0.15) is 18.0 Å². The third kappa shape index (κ3) is 2.19. The van der Waals surface area contributed by atoms with Crippen molar-refractivity contribution in [2.45, 2.75) is 0 Å². The second-order valence-corrected chi connectivity index (χ2v) is 6.49. The van der Waals surface area contributed by atoms with Crippen LogP contribution in [0.25, 0.3) is 11.1 Å². The molecular weight excluding hydrogens is 313 g/mol. The van der Waals surface area contributed by atoms with Gasteiger partial charge in [-0.25, -0.2) is 13.4 Å². The van der Waals surface area contributed by atoms with Crippen LogP contribution in [0.5, 0.6) is 5.75 Å². The highest BCUT2D eigenvalue weighted by Crippen LogP contribution is 2.38. The van der Waals surface area contributed by atoms with Gasteiger partial charge in [0.25, 0.3) is 5.91 Å². The lowest BCUT2D eigenvalue weighted by Gasteiger charge is -2.18. The third-order valence-corrected chi connectivity index (χ3v) is 4.68. The first kappa shape index (κ1) is 14.4. The van der Waals surface area contributed by atoms with Gasteiger partial charge in [0.15, 0.2) is 5.82 Å². The summed E-state index contributed by atoms with van der Waals surface area (Å²) >= 11 is 0. The minimum Gasteiger partial charge on any atom is -0.506 e. The third-order valence-electron chi connectivity index (χ3n) is 3.31. The second kappa shape index (κ2) is 4.73. The van der Waals surface area contributed by atoms with Gasteiger partial charge in [0.05, 0.1) is 0 Å². The van der Waals surface area contributed by atoms with Gasteiger partial charge < -0.3 is 9.67 Å². The van der Waals surface area contributed by atoms with Crippen LogP contribution in [0.15, 0.2) is 30.6 Å². The van der Waals surface area contributed by atoms with E-state index in [1.165, 1.54) is 12.1 Å². The lowest BCUT2D eigenvalue weighted by atomic mass is 10.1. The molecule has 7 nitrogen and oxygen atoms in total. The molecule has 9 heteroatoms. The van der Waals surface area contributed by atoms with Crippen molar-refractivity contribution in [3.63, 3.8) is 0 Å². The first-order chi connectivity index (χ1) is 10.3. The lowest BCUT2D eigenvalue weighted by molar-refractivity contribution is -0.117. The molecule has 0 radical (unpaired) electrons. The highest BCUT2D eigenvalue weighted by molar-refractivity contribution is 7.92. The number of phenols is 1. The Morgan fingerprint density at radius 2 is 2.05 bits per heavy atom. The van der Waals surface area contributed by atoms with Crippen LogP contribution < -0.4 is 9.03 Å². The van der Waals surface area contributed by atoms with E-state index in [1.54, 1.807) is 34.8 Å². The van der Waals surface area contributed by atoms with E-state index in [4.69, 9.17) is 0 Å². The fourth-order valence-electron chi connectivity index (χ4n) is 2.32. The van der Waals surface area contributed by atoms with Gasteiger partial charge >= 0.3 is 10.2 Å². The van der Waals surface area contributed by atoms with Crippen LogP contribution in [-0.2, 0) is 22.1 Å². The highest BCUT2D eigenvalue weighted by atomic mass is 32.2. The summed E-state index contributed by atoms with van der Waals surface area (Å²) in [5.74, 6) is -2.26. The number of hydrogen-bond acceptors (Lipinski definition) is 4. The van der Waals surface area contributed by atoms with Gasteiger partial charge in [-0.3, -0.25) is 4.79 Å². The molecule has 1 saturated heterocycles. The summed E-state index contributed by atoms with van der Waals surface area (Å²) in [5, 5.41) is 9.86. The molecule has 0 spiro atoms. The van der Waals surface area contributed by atoms with E-state index < -0.39 is 39.9 Å². The molecule has 0 unspecified atom stereocenters. The molecule has 3 rings (SSSR count). The second-order valence-electron chi connectivity index (χ2n) is 4.90. The normalized spacial score (nSPS) is 16.8. The number of halogens is 1. The summed E-state index contributed by atoms with van der Waals surface area (Å²) in [6.45, 7) is -0.578. The van der Waals surface area contributed by atoms with Crippen LogP contribution >= 0.6 is 0 Å². The number of aryl methyl sites for hydroxylation is 1. The maximum atomic E-state index is 14.7. The summed E-state index contributed by atoms with van der Waals surface area (Å²) < 4.78 is 42.4. The number of carbonyl (C=O) groups is 1. The molecule has 1 fully saturated rings. The minimum absolute atomic E-state index is 0.128. The van der Waals surface area contributed by atoms with Gasteiger partial charge in [-0.15, -0.1) is 0 Å². The Hall–Kier alpha value is -2.55. The van der Waals surface area contributed by atoms with Crippen molar-refractivity contribution in [2.75, 3.05) is 10.8 Å². The van der Waals surface area contributed by atoms with Gasteiger partial charge in [-0.1, -0.05) is 0 Å². The van der Waals surface area contributed by atoms with Crippen molar-refractivity contribution in [2.24, 2.45) is 7.05 Å². The first-order valence-corrected chi connectivity index (χ1v) is 7.71. The van der Waals surface area contributed by atoms with Crippen molar-refractivity contribution in [3.05, 3.63) is 36.4 Å². The molecule has 0 bridgehead atoms. The zero-order valence-corrected chi connectivity index (χ0v) is 12.3. The van der Waals surface area contributed by atoms with E-state index in [9.17, 15) is 22.7 Å².